The van der Waals surface area contributed by atoms with Crippen LogP contribution in [-0.4, -0.2) is 41.3 Å². The predicted octanol–water partition coefficient (Wildman–Crippen LogP) is 1.52. The average Bonchev–Trinajstić information content (AvgIpc) is 2.47. The van der Waals surface area contributed by atoms with E-state index in [0.29, 0.717) is 26.1 Å². The third-order valence-corrected chi connectivity index (χ3v) is 3.85. The molecule has 1 fully saturated rings. The number of hydrogen-bond acceptors (Lipinski definition) is 5. The minimum Gasteiger partial charge on any atom is -0.394 e. The molecule has 0 aromatic heterocycles. The van der Waals surface area contributed by atoms with Gasteiger partial charge in [-0.3, -0.25) is 14.9 Å². The molecule has 0 saturated carbocycles. The number of carbonyl (C=O) groups excluding carboxylic acids is 1. The van der Waals surface area contributed by atoms with Crippen LogP contribution in [0.1, 0.15) is 23.2 Å². The summed E-state index contributed by atoms with van der Waals surface area (Å²) in [5.74, 6) is -0.467. The molecular formula is C13H15ClN2O5. The molecule has 0 spiro atoms. The number of nitro groups is 1. The number of non-ortho nitro benzene ring substituents is 1. The highest BCUT2D eigenvalue weighted by molar-refractivity contribution is 6.34. The lowest BCUT2D eigenvalue weighted by Gasteiger charge is -2.36. The Morgan fingerprint density at radius 1 is 1.48 bits per heavy atom. The molecule has 0 radical (unpaired) electrons. The molecule has 1 aliphatic heterocycles. The lowest BCUT2D eigenvalue weighted by atomic mass is 9.90. The van der Waals surface area contributed by atoms with Gasteiger partial charge in [-0.15, -0.1) is 0 Å². The second-order valence-corrected chi connectivity index (χ2v) is 5.33. The number of halogens is 1. The van der Waals surface area contributed by atoms with Crippen molar-refractivity contribution in [3.8, 4) is 0 Å². The van der Waals surface area contributed by atoms with Crippen LogP contribution < -0.4 is 5.32 Å². The molecule has 1 saturated heterocycles. The van der Waals surface area contributed by atoms with Crippen LogP contribution in [0.4, 0.5) is 5.69 Å². The monoisotopic (exact) mass is 314 g/mol. The highest BCUT2D eigenvalue weighted by Gasteiger charge is 2.34. The number of carbonyl (C=O) groups is 1. The molecule has 8 heteroatoms. The summed E-state index contributed by atoms with van der Waals surface area (Å²) in [6.45, 7) is 0.705. The first-order valence-electron chi connectivity index (χ1n) is 6.42. The predicted molar refractivity (Wildman–Crippen MR) is 75.4 cm³/mol. The van der Waals surface area contributed by atoms with E-state index in [0.717, 1.165) is 6.07 Å². The molecule has 114 valence electrons. The summed E-state index contributed by atoms with van der Waals surface area (Å²) >= 11 is 5.92. The molecular weight excluding hydrogens is 300 g/mol. The number of hydrogen-bond donors (Lipinski definition) is 2. The summed E-state index contributed by atoms with van der Waals surface area (Å²) in [6, 6.07) is 3.66. The van der Waals surface area contributed by atoms with Gasteiger partial charge in [0.1, 0.15) is 0 Å². The maximum Gasteiger partial charge on any atom is 0.270 e. The molecule has 1 aliphatic rings. The standard InChI is InChI=1S/C13H15ClN2O5/c14-11-7-9(16(19)20)1-2-10(11)12(18)15-13(8-17)3-5-21-6-4-13/h1-2,7,17H,3-6,8H2,(H,15,18). The van der Waals surface area contributed by atoms with Crippen LogP contribution in [0.3, 0.4) is 0 Å². The van der Waals surface area contributed by atoms with Gasteiger partial charge in [-0.05, 0) is 18.9 Å². The Morgan fingerprint density at radius 3 is 2.67 bits per heavy atom. The number of benzene rings is 1. The van der Waals surface area contributed by atoms with Crippen molar-refractivity contribution in [1.29, 1.82) is 0 Å². The van der Waals surface area contributed by atoms with E-state index >= 15 is 0 Å². The van der Waals surface area contributed by atoms with Crippen molar-refractivity contribution in [2.24, 2.45) is 0 Å². The van der Waals surface area contributed by atoms with E-state index < -0.39 is 16.4 Å². The molecule has 0 atom stereocenters. The zero-order chi connectivity index (χ0) is 15.5. The lowest BCUT2D eigenvalue weighted by Crippen LogP contribution is -2.54. The lowest BCUT2D eigenvalue weighted by molar-refractivity contribution is -0.384. The molecule has 0 unspecified atom stereocenters. The fourth-order valence-electron chi connectivity index (χ4n) is 2.19. The molecule has 1 aromatic carbocycles. The van der Waals surface area contributed by atoms with Crippen molar-refractivity contribution in [2.45, 2.75) is 18.4 Å². The minimum absolute atomic E-state index is 0.00171. The Bertz CT molecular complexity index is 557. The second-order valence-electron chi connectivity index (χ2n) is 4.93. The molecule has 0 bridgehead atoms. The maximum atomic E-state index is 12.3. The van der Waals surface area contributed by atoms with Crippen molar-refractivity contribution in [2.75, 3.05) is 19.8 Å². The molecule has 7 nitrogen and oxygen atoms in total. The first-order valence-corrected chi connectivity index (χ1v) is 6.80. The number of nitro benzene ring substituents is 1. The summed E-state index contributed by atoms with van der Waals surface area (Å²) in [6.07, 6.45) is 1.000. The highest BCUT2D eigenvalue weighted by atomic mass is 35.5. The van der Waals surface area contributed by atoms with Crippen molar-refractivity contribution in [1.82, 2.24) is 5.32 Å². The fraction of sp³-hybridized carbons (Fsp3) is 0.462. The number of nitrogens with one attached hydrogen (secondary N) is 1. The first-order chi connectivity index (χ1) is 9.97. The second kappa shape index (κ2) is 6.38. The van der Waals surface area contributed by atoms with Crippen molar-refractivity contribution < 1.29 is 19.6 Å². The van der Waals surface area contributed by atoms with Gasteiger partial charge in [0.05, 0.1) is 27.7 Å². The minimum atomic E-state index is -0.736. The van der Waals surface area contributed by atoms with Gasteiger partial charge < -0.3 is 15.2 Å². The Morgan fingerprint density at radius 2 is 2.14 bits per heavy atom. The van der Waals surface area contributed by atoms with E-state index in [4.69, 9.17) is 16.3 Å². The van der Waals surface area contributed by atoms with Gasteiger partial charge in [0, 0.05) is 25.3 Å². The molecule has 2 rings (SSSR count). The number of nitrogens with zero attached hydrogens (tertiary/aromatic N) is 1. The van der Waals surface area contributed by atoms with Gasteiger partial charge in [0.25, 0.3) is 11.6 Å². The molecule has 1 amide bonds. The third-order valence-electron chi connectivity index (χ3n) is 3.54. The van der Waals surface area contributed by atoms with Gasteiger partial charge in [-0.2, -0.15) is 0 Å². The summed E-state index contributed by atoms with van der Waals surface area (Å²) < 4.78 is 5.22. The van der Waals surface area contributed by atoms with Crippen LogP contribution in [0, 0.1) is 10.1 Å². The van der Waals surface area contributed by atoms with E-state index in [2.05, 4.69) is 5.32 Å². The summed E-state index contributed by atoms with van der Waals surface area (Å²) in [4.78, 5) is 22.3. The molecule has 1 heterocycles. The van der Waals surface area contributed by atoms with E-state index in [1.807, 2.05) is 0 Å². The van der Waals surface area contributed by atoms with Gasteiger partial charge in [0.15, 0.2) is 0 Å². The third kappa shape index (κ3) is 3.49. The van der Waals surface area contributed by atoms with Crippen LogP contribution in [0.2, 0.25) is 5.02 Å². The van der Waals surface area contributed by atoms with Crippen LogP contribution >= 0.6 is 11.6 Å². The largest absolute Gasteiger partial charge is 0.394 e. The summed E-state index contributed by atoms with van der Waals surface area (Å²) in [7, 11) is 0. The zero-order valence-electron chi connectivity index (χ0n) is 11.2. The van der Waals surface area contributed by atoms with Gasteiger partial charge in [-0.25, -0.2) is 0 Å². The Hall–Kier alpha value is -1.70. The topological polar surface area (TPSA) is 102 Å². The van der Waals surface area contributed by atoms with Gasteiger partial charge in [-0.1, -0.05) is 11.6 Å². The van der Waals surface area contributed by atoms with E-state index in [-0.39, 0.29) is 22.9 Å². The summed E-state index contributed by atoms with van der Waals surface area (Å²) in [5.41, 5.74) is -0.776. The van der Waals surface area contributed by atoms with Gasteiger partial charge >= 0.3 is 0 Å². The van der Waals surface area contributed by atoms with Crippen molar-refractivity contribution >= 4 is 23.2 Å². The zero-order valence-corrected chi connectivity index (χ0v) is 11.9. The Labute approximate surface area is 126 Å². The molecule has 1 aromatic rings. The average molecular weight is 315 g/mol. The molecule has 2 N–H and O–H groups in total. The van der Waals surface area contributed by atoms with E-state index in [1.54, 1.807) is 0 Å². The van der Waals surface area contributed by atoms with E-state index in [9.17, 15) is 20.0 Å². The first kappa shape index (κ1) is 15.7. The quantitative estimate of drug-likeness (QED) is 0.648. The van der Waals surface area contributed by atoms with Crippen LogP contribution in [-0.2, 0) is 4.74 Å². The van der Waals surface area contributed by atoms with Crippen molar-refractivity contribution in [3.63, 3.8) is 0 Å². The SMILES string of the molecule is O=C(NC1(CO)CCOCC1)c1ccc([N+](=O)[O-])cc1Cl. The molecule has 21 heavy (non-hydrogen) atoms. The maximum absolute atomic E-state index is 12.3. The summed E-state index contributed by atoms with van der Waals surface area (Å²) in [5, 5.41) is 22.9. The fourth-order valence-corrected chi connectivity index (χ4v) is 2.46. The Balaban J connectivity index is 2.18. The van der Waals surface area contributed by atoms with Crippen LogP contribution in [0.15, 0.2) is 18.2 Å². The van der Waals surface area contributed by atoms with Crippen molar-refractivity contribution in [3.05, 3.63) is 38.9 Å². The normalized spacial score (nSPS) is 17.2. The Kier molecular flexibility index (Phi) is 4.76. The van der Waals surface area contributed by atoms with E-state index in [1.165, 1.54) is 12.1 Å². The van der Waals surface area contributed by atoms with Gasteiger partial charge in [0.2, 0.25) is 0 Å². The number of aliphatic hydroxyl groups is 1. The number of aliphatic hydroxyl groups excluding tert-OH is 1. The number of rotatable bonds is 4. The smallest absolute Gasteiger partial charge is 0.270 e. The van der Waals surface area contributed by atoms with Crippen LogP contribution in [0.5, 0.6) is 0 Å². The number of amides is 1. The highest BCUT2D eigenvalue weighted by Crippen LogP contribution is 2.25. The van der Waals surface area contributed by atoms with Crippen LogP contribution in [0.25, 0.3) is 0 Å². The number of ether oxygens (including phenoxy) is 1. The molecule has 0 aliphatic carbocycles.